The van der Waals surface area contributed by atoms with Gasteiger partial charge in [-0.2, -0.15) is 0 Å². The molecule has 1 saturated carbocycles. The van der Waals surface area contributed by atoms with Gasteiger partial charge in [-0.05, 0) is 53.3 Å². The van der Waals surface area contributed by atoms with E-state index in [1.807, 2.05) is 24.3 Å². The Labute approximate surface area is 157 Å². The van der Waals surface area contributed by atoms with Gasteiger partial charge in [-0.1, -0.05) is 24.3 Å². The first-order valence-corrected chi connectivity index (χ1v) is 9.25. The Hall–Kier alpha value is -3.08. The van der Waals surface area contributed by atoms with E-state index < -0.39 is 6.09 Å². The van der Waals surface area contributed by atoms with Crippen molar-refractivity contribution in [3.05, 3.63) is 60.8 Å². The van der Waals surface area contributed by atoms with E-state index in [1.54, 1.807) is 6.20 Å². The van der Waals surface area contributed by atoms with Crippen molar-refractivity contribution >= 4 is 17.0 Å². The van der Waals surface area contributed by atoms with Crippen LogP contribution in [0.3, 0.4) is 0 Å². The van der Waals surface area contributed by atoms with Gasteiger partial charge in [0.2, 0.25) is 0 Å². The lowest BCUT2D eigenvalue weighted by Crippen LogP contribution is -2.30. The summed E-state index contributed by atoms with van der Waals surface area (Å²) < 4.78 is 5.95. The monoisotopic (exact) mass is 360 g/mol. The molecule has 2 heterocycles. The van der Waals surface area contributed by atoms with Crippen molar-refractivity contribution in [2.75, 3.05) is 19.7 Å². The van der Waals surface area contributed by atoms with Crippen LogP contribution in [0, 0.1) is 17.8 Å². The number of ether oxygens (including phenoxy) is 1. The van der Waals surface area contributed by atoms with Crippen molar-refractivity contribution in [3.63, 3.8) is 0 Å². The van der Waals surface area contributed by atoms with E-state index in [2.05, 4.69) is 35.3 Å². The molecule has 0 unspecified atom stereocenters. The van der Waals surface area contributed by atoms with Gasteiger partial charge in [0.05, 0.1) is 12.1 Å². The fourth-order valence-electron chi connectivity index (χ4n) is 4.24. The topological polar surface area (TPSA) is 62.7 Å². The van der Waals surface area contributed by atoms with Crippen molar-refractivity contribution in [1.29, 1.82) is 0 Å². The van der Waals surface area contributed by atoms with Crippen LogP contribution in [0.2, 0.25) is 0 Å². The molecule has 136 valence electrons. The molecular formula is C22H20N2O3. The van der Waals surface area contributed by atoms with Crippen LogP contribution in [-0.2, 0) is 0 Å². The van der Waals surface area contributed by atoms with E-state index in [9.17, 15) is 4.79 Å². The number of benzene rings is 2. The zero-order valence-corrected chi connectivity index (χ0v) is 14.8. The third kappa shape index (κ3) is 2.99. The van der Waals surface area contributed by atoms with Gasteiger partial charge in [0.15, 0.2) is 0 Å². The Morgan fingerprint density at radius 1 is 1.07 bits per heavy atom. The average Bonchev–Trinajstić information content (AvgIpc) is 3.14. The summed E-state index contributed by atoms with van der Waals surface area (Å²) in [5.41, 5.74) is 3.30. The number of pyridine rings is 1. The molecule has 2 aromatic carbocycles. The number of amides is 1. The summed E-state index contributed by atoms with van der Waals surface area (Å²) in [4.78, 5) is 16.8. The summed E-state index contributed by atoms with van der Waals surface area (Å²) in [7, 11) is 0. The molecular weight excluding hydrogens is 340 g/mol. The first-order valence-electron chi connectivity index (χ1n) is 9.25. The molecule has 2 aliphatic rings. The number of aromatic nitrogens is 1. The first-order chi connectivity index (χ1) is 13.2. The number of rotatable bonds is 4. The summed E-state index contributed by atoms with van der Waals surface area (Å²) in [5.74, 6) is 2.31. The molecule has 1 amide bonds. The number of likely N-dealkylation sites (tertiary alicyclic amines) is 1. The molecule has 3 aromatic rings. The van der Waals surface area contributed by atoms with E-state index in [1.165, 1.54) is 4.90 Å². The summed E-state index contributed by atoms with van der Waals surface area (Å²) >= 11 is 0. The summed E-state index contributed by atoms with van der Waals surface area (Å²) in [5, 5.41) is 10.1. The fourth-order valence-corrected chi connectivity index (χ4v) is 4.24. The Morgan fingerprint density at radius 2 is 1.81 bits per heavy atom. The Balaban J connectivity index is 1.21. The molecule has 5 rings (SSSR count). The van der Waals surface area contributed by atoms with Gasteiger partial charge in [-0.25, -0.2) is 4.79 Å². The largest absolute Gasteiger partial charge is 0.493 e. The van der Waals surface area contributed by atoms with Crippen LogP contribution in [0.4, 0.5) is 4.79 Å². The van der Waals surface area contributed by atoms with Gasteiger partial charge in [-0.3, -0.25) is 4.98 Å². The van der Waals surface area contributed by atoms with Crippen LogP contribution < -0.4 is 4.74 Å². The number of hydrogen-bond donors (Lipinski definition) is 1. The fraction of sp³-hybridized carbons (Fsp3) is 0.273. The van der Waals surface area contributed by atoms with E-state index in [4.69, 9.17) is 9.84 Å². The highest BCUT2D eigenvalue weighted by atomic mass is 16.5. The molecule has 0 spiro atoms. The Bertz CT molecular complexity index is 990. The lowest BCUT2D eigenvalue weighted by Gasteiger charge is -2.16. The Morgan fingerprint density at radius 3 is 2.56 bits per heavy atom. The molecule has 1 N–H and O–H groups in total. The summed E-state index contributed by atoms with van der Waals surface area (Å²) in [6.45, 7) is 1.98. The maximum absolute atomic E-state index is 11.0. The highest BCUT2D eigenvalue weighted by molar-refractivity contribution is 5.84. The average molecular weight is 360 g/mol. The molecule has 1 aliphatic heterocycles. The third-order valence-electron chi connectivity index (χ3n) is 5.87. The second-order valence-electron chi connectivity index (χ2n) is 7.43. The van der Waals surface area contributed by atoms with Crippen molar-refractivity contribution in [1.82, 2.24) is 9.88 Å². The van der Waals surface area contributed by atoms with E-state index >= 15 is 0 Å². The van der Waals surface area contributed by atoms with Crippen molar-refractivity contribution in [3.8, 4) is 16.9 Å². The second kappa shape index (κ2) is 6.27. The van der Waals surface area contributed by atoms with Crippen LogP contribution in [-0.4, -0.2) is 40.8 Å². The van der Waals surface area contributed by atoms with Crippen LogP contribution >= 0.6 is 0 Å². The molecule has 0 radical (unpaired) electrons. The van der Waals surface area contributed by atoms with Crippen molar-refractivity contribution in [2.24, 2.45) is 17.8 Å². The third-order valence-corrected chi connectivity index (χ3v) is 5.87. The number of hydrogen-bond acceptors (Lipinski definition) is 3. The molecule has 0 bridgehead atoms. The van der Waals surface area contributed by atoms with Crippen LogP contribution in [0.15, 0.2) is 60.8 Å². The first kappa shape index (κ1) is 16.1. The minimum Gasteiger partial charge on any atom is -0.493 e. The lowest BCUT2D eigenvalue weighted by molar-refractivity contribution is 0.145. The van der Waals surface area contributed by atoms with Crippen molar-refractivity contribution < 1.29 is 14.6 Å². The van der Waals surface area contributed by atoms with Crippen molar-refractivity contribution in [2.45, 2.75) is 0 Å². The van der Waals surface area contributed by atoms with Crippen LogP contribution in [0.1, 0.15) is 0 Å². The highest BCUT2D eigenvalue weighted by Crippen LogP contribution is 2.51. The van der Waals surface area contributed by atoms with Gasteiger partial charge in [0.25, 0.3) is 0 Å². The number of piperidine rings is 1. The smallest absolute Gasteiger partial charge is 0.407 e. The van der Waals surface area contributed by atoms with E-state index in [0.29, 0.717) is 37.5 Å². The van der Waals surface area contributed by atoms with Gasteiger partial charge in [0, 0.05) is 30.6 Å². The van der Waals surface area contributed by atoms with Gasteiger partial charge >= 0.3 is 6.09 Å². The predicted octanol–water partition coefficient (Wildman–Crippen LogP) is 4.14. The maximum atomic E-state index is 11.0. The van der Waals surface area contributed by atoms with Gasteiger partial charge in [0.1, 0.15) is 5.75 Å². The number of carbonyl (C=O) groups is 1. The van der Waals surface area contributed by atoms with Crippen LogP contribution in [0.25, 0.3) is 22.0 Å². The number of fused-ring (bicyclic) bond motifs is 2. The quantitative estimate of drug-likeness (QED) is 0.760. The van der Waals surface area contributed by atoms with Crippen LogP contribution in [0.5, 0.6) is 5.75 Å². The molecule has 5 nitrogen and oxygen atoms in total. The SMILES string of the molecule is O=C(O)N1C[C@@H]2[C@@H](COc3ccc(-c4ccc5ncccc5c4)cc3)[C@@H]2C1. The van der Waals surface area contributed by atoms with E-state index in [0.717, 1.165) is 27.8 Å². The molecule has 3 atom stereocenters. The maximum Gasteiger partial charge on any atom is 0.407 e. The Kier molecular flexibility index (Phi) is 3.74. The van der Waals surface area contributed by atoms with Gasteiger partial charge in [-0.15, -0.1) is 0 Å². The number of nitrogens with zero attached hydrogens (tertiary/aromatic N) is 2. The highest BCUT2D eigenvalue weighted by Gasteiger charge is 2.56. The molecule has 1 aliphatic carbocycles. The minimum absolute atomic E-state index is 0.478. The normalized spacial score (nSPS) is 23.3. The van der Waals surface area contributed by atoms with E-state index in [-0.39, 0.29) is 0 Å². The number of carboxylic acid groups (broad SMARTS) is 1. The van der Waals surface area contributed by atoms with Gasteiger partial charge < -0.3 is 14.7 Å². The molecule has 1 saturated heterocycles. The summed E-state index contributed by atoms with van der Waals surface area (Å²) in [6, 6.07) is 18.5. The lowest BCUT2D eigenvalue weighted by atomic mass is 10.0. The minimum atomic E-state index is -0.804. The second-order valence-corrected chi connectivity index (χ2v) is 7.43. The zero-order chi connectivity index (χ0) is 18.4. The predicted molar refractivity (Wildman–Crippen MR) is 103 cm³/mol. The summed E-state index contributed by atoms with van der Waals surface area (Å²) in [6.07, 6.45) is 1.00. The zero-order valence-electron chi connectivity index (χ0n) is 14.8. The molecule has 2 fully saturated rings. The molecule has 27 heavy (non-hydrogen) atoms. The molecule has 1 aromatic heterocycles. The standard InChI is InChI=1S/C22H20N2O3/c25-22(26)24-11-18-19(12-24)20(18)13-27-17-6-3-14(4-7-17)15-5-8-21-16(10-15)2-1-9-23-21/h1-10,18-20H,11-13H2,(H,25,26)/t18-,19+,20+. The molecule has 5 heteroatoms.